The van der Waals surface area contributed by atoms with E-state index in [1.165, 1.54) is 61.0 Å². The van der Waals surface area contributed by atoms with Crippen molar-refractivity contribution in [1.29, 1.82) is 0 Å². The zero-order chi connectivity index (χ0) is 25.1. The summed E-state index contributed by atoms with van der Waals surface area (Å²) in [6, 6.07) is 7.70. The summed E-state index contributed by atoms with van der Waals surface area (Å²) in [4.78, 5) is 37.1. The molecule has 1 saturated heterocycles. The highest BCUT2D eigenvalue weighted by Crippen LogP contribution is 2.44. The number of esters is 1. The molecule has 1 aliphatic rings. The molecule has 1 heterocycles. The van der Waals surface area contributed by atoms with Gasteiger partial charge in [0.25, 0.3) is 0 Å². The maximum atomic E-state index is 14.0. The molecule has 0 saturated carbocycles. The fraction of sp³-hybridized carbons (Fsp3) is 0.348. The number of alkyl halides is 3. The Balaban J connectivity index is 2.05. The highest BCUT2D eigenvalue weighted by molar-refractivity contribution is 6.00. The number of methoxy groups -OCH3 is 1. The standard InChI is InChI=1S/C23H23F3N2O6/c1-3-12-34-16-10-8-14(9-11-16)19(29)17-18(13-4-6-15(7-5-13)20(30)33-2)27-21(31)28-22(17,32)23(24,25)26/h4-11,17-18,32H,3,12H2,1-2H3,(H2,27,28,31)/t17-,18-,22-/m1/s1. The van der Waals surface area contributed by atoms with Crippen LogP contribution in [-0.2, 0) is 4.74 Å². The highest BCUT2D eigenvalue weighted by atomic mass is 19.4. The van der Waals surface area contributed by atoms with Gasteiger partial charge in [-0.05, 0) is 48.4 Å². The number of amides is 2. The highest BCUT2D eigenvalue weighted by Gasteiger charge is 2.66. The predicted molar refractivity (Wildman–Crippen MR) is 113 cm³/mol. The summed E-state index contributed by atoms with van der Waals surface area (Å²) < 4.78 is 52.0. The Morgan fingerprint density at radius 3 is 2.18 bits per heavy atom. The maximum Gasteiger partial charge on any atom is 0.437 e. The number of hydrogen-bond acceptors (Lipinski definition) is 6. The topological polar surface area (TPSA) is 114 Å². The number of carbonyl (C=O) groups excluding carboxylic acids is 3. The first kappa shape index (κ1) is 25.0. The summed E-state index contributed by atoms with van der Waals surface area (Å²) in [7, 11) is 1.17. The molecule has 34 heavy (non-hydrogen) atoms. The van der Waals surface area contributed by atoms with Gasteiger partial charge in [0, 0.05) is 5.56 Å². The van der Waals surface area contributed by atoms with Gasteiger partial charge in [-0.25, -0.2) is 9.59 Å². The molecule has 3 rings (SSSR count). The van der Waals surface area contributed by atoms with Gasteiger partial charge >= 0.3 is 18.2 Å². The Labute approximate surface area is 193 Å². The molecule has 2 amide bonds. The van der Waals surface area contributed by atoms with E-state index in [0.717, 1.165) is 6.42 Å². The van der Waals surface area contributed by atoms with Crippen LogP contribution < -0.4 is 15.4 Å². The Morgan fingerprint density at radius 2 is 1.65 bits per heavy atom. The van der Waals surface area contributed by atoms with Crippen molar-refractivity contribution in [2.45, 2.75) is 31.3 Å². The zero-order valence-electron chi connectivity index (χ0n) is 18.3. The quantitative estimate of drug-likeness (QED) is 0.414. The van der Waals surface area contributed by atoms with Crippen molar-refractivity contribution in [1.82, 2.24) is 10.6 Å². The first-order valence-corrected chi connectivity index (χ1v) is 10.3. The number of Topliss-reactive ketones (excluding diaryl/α,β-unsaturated/α-hetero) is 1. The molecule has 2 aromatic rings. The van der Waals surface area contributed by atoms with Crippen LogP contribution in [0.1, 0.15) is 45.7 Å². The SMILES string of the molecule is CCCOc1ccc(C(=O)[C@H]2[C@@H](c3ccc(C(=O)OC)cc3)NC(=O)N[C@]2(O)C(F)(F)F)cc1. The third-order valence-electron chi connectivity index (χ3n) is 5.39. The van der Waals surface area contributed by atoms with Crippen LogP contribution in [0.25, 0.3) is 0 Å². The van der Waals surface area contributed by atoms with E-state index >= 15 is 0 Å². The minimum atomic E-state index is -5.38. The molecule has 0 bridgehead atoms. The first-order valence-electron chi connectivity index (χ1n) is 10.3. The summed E-state index contributed by atoms with van der Waals surface area (Å²) in [6.45, 7) is 2.32. The molecule has 0 unspecified atom stereocenters. The largest absolute Gasteiger partial charge is 0.494 e. The van der Waals surface area contributed by atoms with E-state index in [2.05, 4.69) is 10.1 Å². The van der Waals surface area contributed by atoms with E-state index in [9.17, 15) is 32.7 Å². The van der Waals surface area contributed by atoms with Gasteiger partial charge < -0.3 is 25.2 Å². The number of benzene rings is 2. The number of rotatable bonds is 7. The van der Waals surface area contributed by atoms with Crippen molar-refractivity contribution in [3.05, 3.63) is 65.2 Å². The molecule has 2 aromatic carbocycles. The lowest BCUT2D eigenvalue weighted by molar-refractivity contribution is -0.287. The third-order valence-corrected chi connectivity index (χ3v) is 5.39. The number of halogens is 3. The average Bonchev–Trinajstić information content (AvgIpc) is 2.81. The minimum absolute atomic E-state index is 0.0754. The van der Waals surface area contributed by atoms with Gasteiger partial charge in [0.05, 0.1) is 25.3 Å². The molecule has 0 aliphatic carbocycles. The van der Waals surface area contributed by atoms with Gasteiger partial charge in [-0.3, -0.25) is 4.79 Å². The number of urea groups is 1. The molecule has 11 heteroatoms. The van der Waals surface area contributed by atoms with Crippen LogP contribution in [-0.4, -0.2) is 48.5 Å². The molecule has 3 N–H and O–H groups in total. The number of aliphatic hydroxyl groups is 1. The Hall–Kier alpha value is -3.60. The molecule has 1 aliphatic heterocycles. The van der Waals surface area contributed by atoms with E-state index in [0.29, 0.717) is 12.4 Å². The van der Waals surface area contributed by atoms with Crippen molar-refractivity contribution >= 4 is 17.8 Å². The van der Waals surface area contributed by atoms with Gasteiger partial charge in [0.2, 0.25) is 5.72 Å². The molecule has 3 atom stereocenters. The molecule has 182 valence electrons. The van der Waals surface area contributed by atoms with Gasteiger partial charge in [-0.2, -0.15) is 13.2 Å². The van der Waals surface area contributed by atoms with E-state index in [1.807, 2.05) is 6.92 Å². The number of ether oxygens (including phenoxy) is 2. The van der Waals surface area contributed by atoms with Crippen LogP contribution in [0.3, 0.4) is 0 Å². The van der Waals surface area contributed by atoms with Crippen LogP contribution in [0.15, 0.2) is 48.5 Å². The Kier molecular flexibility index (Phi) is 7.15. The Morgan fingerprint density at radius 1 is 1.06 bits per heavy atom. The van der Waals surface area contributed by atoms with Gasteiger partial charge in [0.15, 0.2) is 5.78 Å². The van der Waals surface area contributed by atoms with Crippen molar-refractivity contribution in [3.8, 4) is 5.75 Å². The summed E-state index contributed by atoms with van der Waals surface area (Å²) in [5.74, 6) is -3.49. The normalized spacial score (nSPS) is 22.4. The summed E-state index contributed by atoms with van der Waals surface area (Å²) in [5, 5.41) is 14.4. The van der Waals surface area contributed by atoms with Crippen molar-refractivity contribution < 1.29 is 42.1 Å². The van der Waals surface area contributed by atoms with E-state index in [1.54, 1.807) is 0 Å². The fourth-order valence-electron chi connectivity index (χ4n) is 3.68. The lowest BCUT2D eigenvalue weighted by Crippen LogP contribution is -2.72. The van der Waals surface area contributed by atoms with E-state index in [4.69, 9.17) is 4.74 Å². The number of carbonyl (C=O) groups is 3. The molecule has 8 nitrogen and oxygen atoms in total. The van der Waals surface area contributed by atoms with Gasteiger partial charge in [-0.15, -0.1) is 0 Å². The van der Waals surface area contributed by atoms with Crippen molar-refractivity contribution in [2.75, 3.05) is 13.7 Å². The van der Waals surface area contributed by atoms with E-state index in [-0.39, 0.29) is 16.7 Å². The number of nitrogens with one attached hydrogen (secondary N) is 2. The summed E-state index contributed by atoms with van der Waals surface area (Å²) in [5.41, 5.74) is -3.78. The molecular formula is C23H23F3N2O6. The minimum Gasteiger partial charge on any atom is -0.494 e. The zero-order valence-corrected chi connectivity index (χ0v) is 18.3. The monoisotopic (exact) mass is 480 g/mol. The predicted octanol–water partition coefficient (Wildman–Crippen LogP) is 3.37. The first-order chi connectivity index (χ1) is 16.0. The van der Waals surface area contributed by atoms with Crippen LogP contribution >= 0.6 is 0 Å². The lowest BCUT2D eigenvalue weighted by atomic mass is 9.77. The van der Waals surface area contributed by atoms with Crippen LogP contribution in [0, 0.1) is 5.92 Å². The molecule has 0 radical (unpaired) electrons. The molecule has 1 fully saturated rings. The van der Waals surface area contributed by atoms with Crippen molar-refractivity contribution in [3.63, 3.8) is 0 Å². The lowest BCUT2D eigenvalue weighted by Gasteiger charge is -2.45. The fourth-order valence-corrected chi connectivity index (χ4v) is 3.68. The molecular weight excluding hydrogens is 457 g/mol. The van der Waals surface area contributed by atoms with Gasteiger partial charge in [0.1, 0.15) is 11.7 Å². The summed E-state index contributed by atoms with van der Waals surface area (Å²) in [6.07, 6.45) is -4.64. The van der Waals surface area contributed by atoms with Crippen LogP contribution in [0.2, 0.25) is 0 Å². The maximum absolute atomic E-state index is 14.0. The van der Waals surface area contributed by atoms with Crippen LogP contribution in [0.5, 0.6) is 5.75 Å². The Bertz CT molecular complexity index is 1060. The average molecular weight is 480 g/mol. The molecule has 0 spiro atoms. The second-order valence-corrected chi connectivity index (χ2v) is 7.67. The second-order valence-electron chi connectivity index (χ2n) is 7.67. The number of ketones is 1. The van der Waals surface area contributed by atoms with E-state index < -0.39 is 41.6 Å². The van der Waals surface area contributed by atoms with Crippen molar-refractivity contribution in [2.24, 2.45) is 5.92 Å². The van der Waals surface area contributed by atoms with Gasteiger partial charge in [-0.1, -0.05) is 19.1 Å². The van der Waals surface area contributed by atoms with Crippen LogP contribution in [0.4, 0.5) is 18.0 Å². The number of hydrogen-bond donors (Lipinski definition) is 3. The summed E-state index contributed by atoms with van der Waals surface area (Å²) >= 11 is 0. The molecule has 0 aromatic heterocycles. The third kappa shape index (κ3) is 4.84. The smallest absolute Gasteiger partial charge is 0.437 e. The second kappa shape index (κ2) is 9.72.